The normalized spacial score (nSPS) is 18.5. The Morgan fingerprint density at radius 3 is 3.00 bits per heavy atom. The Bertz CT molecular complexity index is 708. The van der Waals surface area contributed by atoms with E-state index < -0.39 is 0 Å². The molecule has 1 aliphatic carbocycles. The molecule has 2 atom stereocenters. The highest BCUT2D eigenvalue weighted by Gasteiger charge is 2.23. The maximum absolute atomic E-state index is 11.9. The van der Waals surface area contributed by atoms with Gasteiger partial charge in [0.1, 0.15) is 0 Å². The van der Waals surface area contributed by atoms with Crippen molar-refractivity contribution >= 4 is 29.0 Å². The number of nitrogens with zero attached hydrogens (tertiary/aromatic N) is 3. The number of hydrogen-bond acceptors (Lipinski definition) is 6. The molecule has 0 N–H and O–H groups in total. The fourth-order valence-corrected chi connectivity index (χ4v) is 4.69. The molecule has 2 aromatic heterocycles. The van der Waals surface area contributed by atoms with Crippen molar-refractivity contribution in [2.24, 2.45) is 5.92 Å². The quantitative estimate of drug-likeness (QED) is 0.789. The molecule has 2 heterocycles. The summed E-state index contributed by atoms with van der Waals surface area (Å²) in [4.78, 5) is 16.0. The highest BCUT2D eigenvalue weighted by Crippen LogP contribution is 2.37. The summed E-state index contributed by atoms with van der Waals surface area (Å²) < 4.78 is 5.76. The summed E-state index contributed by atoms with van der Waals surface area (Å²) in [6.07, 6.45) is 3.53. The van der Waals surface area contributed by atoms with Crippen molar-refractivity contribution < 1.29 is 9.21 Å². The molecule has 0 radical (unpaired) electrons. The molecule has 0 aromatic carbocycles. The van der Waals surface area contributed by atoms with Crippen LogP contribution in [0.3, 0.4) is 0 Å². The zero-order chi connectivity index (χ0) is 16.6. The van der Waals surface area contributed by atoms with Gasteiger partial charge >= 0.3 is 0 Å². The van der Waals surface area contributed by atoms with Crippen molar-refractivity contribution in [1.82, 2.24) is 15.1 Å². The number of thiophene rings is 1. The van der Waals surface area contributed by atoms with Crippen LogP contribution in [0.1, 0.15) is 30.7 Å². The molecule has 3 rings (SSSR count). The molecule has 0 fully saturated rings. The molecule has 124 valence electrons. The Morgan fingerprint density at radius 1 is 1.48 bits per heavy atom. The number of aryl methyl sites for hydroxylation is 1. The van der Waals surface area contributed by atoms with Crippen LogP contribution in [0.4, 0.5) is 0 Å². The molecule has 0 saturated carbocycles. The number of amides is 1. The first-order valence-corrected chi connectivity index (χ1v) is 9.47. The fourth-order valence-electron chi connectivity index (χ4n) is 2.73. The summed E-state index contributed by atoms with van der Waals surface area (Å²) in [5.74, 6) is 1.34. The topological polar surface area (TPSA) is 59.2 Å². The second-order valence-corrected chi connectivity index (χ2v) is 8.70. The van der Waals surface area contributed by atoms with Crippen LogP contribution >= 0.6 is 23.1 Å². The van der Waals surface area contributed by atoms with Gasteiger partial charge in [-0.25, -0.2) is 0 Å². The molecule has 0 aliphatic heterocycles. The number of carbonyl (C=O) groups excluding carboxylic acids is 1. The van der Waals surface area contributed by atoms with Crippen LogP contribution in [0.25, 0.3) is 10.8 Å². The van der Waals surface area contributed by atoms with Crippen LogP contribution in [-0.2, 0) is 17.6 Å². The number of hydrogen-bond donors (Lipinski definition) is 0. The zero-order valence-electron chi connectivity index (χ0n) is 13.8. The van der Waals surface area contributed by atoms with Crippen molar-refractivity contribution in [2.45, 2.75) is 43.6 Å². The lowest BCUT2D eigenvalue weighted by Gasteiger charge is -2.16. The van der Waals surface area contributed by atoms with Gasteiger partial charge in [0.15, 0.2) is 0 Å². The van der Waals surface area contributed by atoms with Crippen molar-refractivity contribution in [3.63, 3.8) is 0 Å². The van der Waals surface area contributed by atoms with E-state index in [9.17, 15) is 4.79 Å². The van der Waals surface area contributed by atoms with Crippen LogP contribution in [0.15, 0.2) is 15.7 Å². The predicted octanol–water partition coefficient (Wildman–Crippen LogP) is 3.49. The van der Waals surface area contributed by atoms with Gasteiger partial charge in [0.05, 0.1) is 10.1 Å². The number of thioether (sulfide) groups is 1. The lowest BCUT2D eigenvalue weighted by molar-refractivity contribution is -0.127. The van der Waals surface area contributed by atoms with E-state index in [0.29, 0.717) is 11.1 Å². The average molecular weight is 351 g/mol. The van der Waals surface area contributed by atoms with Crippen molar-refractivity contribution in [3.8, 4) is 10.8 Å². The fraction of sp³-hybridized carbons (Fsp3) is 0.562. The van der Waals surface area contributed by atoms with E-state index in [0.717, 1.165) is 23.6 Å². The van der Waals surface area contributed by atoms with Crippen molar-refractivity contribution in [1.29, 1.82) is 0 Å². The van der Waals surface area contributed by atoms with Crippen LogP contribution in [0.5, 0.6) is 0 Å². The largest absolute Gasteiger partial charge is 0.410 e. The average Bonchev–Trinajstić information content (AvgIpc) is 3.12. The maximum Gasteiger partial charge on any atom is 0.277 e. The van der Waals surface area contributed by atoms with E-state index in [1.54, 1.807) is 30.3 Å². The first kappa shape index (κ1) is 16.5. The van der Waals surface area contributed by atoms with E-state index in [1.807, 2.05) is 6.92 Å². The minimum atomic E-state index is -0.240. The lowest BCUT2D eigenvalue weighted by atomic mass is 9.90. The van der Waals surface area contributed by atoms with Crippen LogP contribution < -0.4 is 0 Å². The molecule has 0 spiro atoms. The molecule has 0 bridgehead atoms. The third-order valence-electron chi connectivity index (χ3n) is 4.01. The summed E-state index contributed by atoms with van der Waals surface area (Å²) in [6.45, 7) is 4.15. The second kappa shape index (κ2) is 6.65. The van der Waals surface area contributed by atoms with Crippen LogP contribution in [0.2, 0.25) is 0 Å². The molecule has 2 aromatic rings. The number of fused-ring (bicyclic) bond motifs is 1. The van der Waals surface area contributed by atoms with E-state index in [-0.39, 0.29) is 11.2 Å². The predicted molar refractivity (Wildman–Crippen MR) is 92.8 cm³/mol. The van der Waals surface area contributed by atoms with Gasteiger partial charge < -0.3 is 9.32 Å². The van der Waals surface area contributed by atoms with Crippen molar-refractivity contribution in [3.05, 3.63) is 16.5 Å². The summed E-state index contributed by atoms with van der Waals surface area (Å²) in [5, 5.41) is 8.44. The summed E-state index contributed by atoms with van der Waals surface area (Å²) in [7, 11) is 3.49. The van der Waals surface area contributed by atoms with Gasteiger partial charge in [0.2, 0.25) is 5.91 Å². The molecular weight excluding hydrogens is 330 g/mol. The summed E-state index contributed by atoms with van der Waals surface area (Å²) in [5.41, 5.74) is 1.42. The Morgan fingerprint density at radius 2 is 2.26 bits per heavy atom. The Hall–Kier alpha value is -1.34. The zero-order valence-corrected chi connectivity index (χ0v) is 15.5. The highest BCUT2D eigenvalue weighted by molar-refractivity contribution is 8.00. The first-order chi connectivity index (χ1) is 10.9. The van der Waals surface area contributed by atoms with E-state index in [4.69, 9.17) is 4.42 Å². The van der Waals surface area contributed by atoms with Crippen LogP contribution in [0, 0.1) is 5.92 Å². The van der Waals surface area contributed by atoms with E-state index in [2.05, 4.69) is 23.2 Å². The second-order valence-electron chi connectivity index (χ2n) is 6.27. The first-order valence-electron chi connectivity index (χ1n) is 7.77. The molecule has 7 heteroatoms. The molecule has 0 saturated heterocycles. The van der Waals surface area contributed by atoms with E-state index in [1.165, 1.54) is 28.6 Å². The van der Waals surface area contributed by atoms with Gasteiger partial charge in [-0.05, 0) is 43.7 Å². The molecule has 1 amide bonds. The minimum Gasteiger partial charge on any atom is -0.410 e. The lowest BCUT2D eigenvalue weighted by Crippen LogP contribution is -2.29. The van der Waals surface area contributed by atoms with Gasteiger partial charge in [-0.3, -0.25) is 4.79 Å². The molecular formula is C16H21N3O2S2. The minimum absolute atomic E-state index is 0.0373. The monoisotopic (exact) mass is 351 g/mol. The van der Waals surface area contributed by atoms with Gasteiger partial charge in [0, 0.05) is 19.0 Å². The standard InChI is InChI=1S/C16H21N3O2S2/c1-9-5-6-12-11(7-9)8-13(23-12)14-17-18-16(21-14)22-10(2)15(20)19(3)4/h8-10H,5-7H2,1-4H3/t9-,10-/m1/s1. The van der Waals surface area contributed by atoms with Crippen LogP contribution in [-0.4, -0.2) is 40.3 Å². The number of carbonyl (C=O) groups is 1. The molecule has 0 unspecified atom stereocenters. The Labute approximate surface area is 144 Å². The summed E-state index contributed by atoms with van der Waals surface area (Å²) in [6, 6.07) is 2.19. The molecule has 1 aliphatic rings. The number of rotatable bonds is 4. The SMILES string of the molecule is C[C@@H]1CCc2sc(-c3nnc(S[C@H](C)C(=O)N(C)C)o3)cc2C1. The number of aromatic nitrogens is 2. The Kier molecular flexibility index (Phi) is 4.77. The molecule has 5 nitrogen and oxygen atoms in total. The molecule has 23 heavy (non-hydrogen) atoms. The van der Waals surface area contributed by atoms with Crippen molar-refractivity contribution in [2.75, 3.05) is 14.1 Å². The van der Waals surface area contributed by atoms with Gasteiger partial charge in [0.25, 0.3) is 11.1 Å². The van der Waals surface area contributed by atoms with Gasteiger partial charge in [-0.1, -0.05) is 18.7 Å². The third-order valence-corrected chi connectivity index (χ3v) is 6.16. The van der Waals surface area contributed by atoms with Gasteiger partial charge in [-0.2, -0.15) is 0 Å². The smallest absolute Gasteiger partial charge is 0.277 e. The maximum atomic E-state index is 11.9. The van der Waals surface area contributed by atoms with E-state index >= 15 is 0 Å². The highest BCUT2D eigenvalue weighted by atomic mass is 32.2. The van der Waals surface area contributed by atoms with Gasteiger partial charge in [-0.15, -0.1) is 21.5 Å². The Balaban J connectivity index is 1.74. The summed E-state index contributed by atoms with van der Waals surface area (Å²) >= 11 is 3.06. The third kappa shape index (κ3) is 3.61.